The fourth-order valence-corrected chi connectivity index (χ4v) is 2.69. The summed E-state index contributed by atoms with van der Waals surface area (Å²) in [4.78, 5) is 16.3. The number of hydrogen-bond donors (Lipinski definition) is 0. The number of aromatic nitrogens is 2. The van der Waals surface area contributed by atoms with Gasteiger partial charge in [-0.1, -0.05) is 17.3 Å². The van der Waals surface area contributed by atoms with Crippen LogP contribution in [-0.4, -0.2) is 16.1 Å². The van der Waals surface area contributed by atoms with Crippen LogP contribution in [0.3, 0.4) is 0 Å². The number of benzene rings is 2. The van der Waals surface area contributed by atoms with Gasteiger partial charge in [-0.3, -0.25) is 0 Å². The van der Waals surface area contributed by atoms with E-state index in [1.54, 1.807) is 26.0 Å². The van der Waals surface area contributed by atoms with Crippen molar-refractivity contribution in [2.24, 2.45) is 0 Å². The van der Waals surface area contributed by atoms with Gasteiger partial charge < -0.3 is 9.26 Å². The van der Waals surface area contributed by atoms with Gasteiger partial charge in [0, 0.05) is 10.0 Å². The molecule has 1 heterocycles. The zero-order chi connectivity index (χ0) is 18.8. The topological polar surface area (TPSA) is 65.2 Å². The number of hydrogen-bond acceptors (Lipinski definition) is 5. The van der Waals surface area contributed by atoms with Gasteiger partial charge in [0.1, 0.15) is 11.6 Å². The molecule has 3 rings (SSSR count). The zero-order valence-corrected chi connectivity index (χ0v) is 15.4. The highest BCUT2D eigenvalue weighted by molar-refractivity contribution is 9.10. The molecule has 0 amide bonds. The van der Waals surface area contributed by atoms with E-state index < -0.39 is 17.9 Å². The second-order valence-corrected chi connectivity index (χ2v) is 6.45. The Balaban J connectivity index is 1.76. The monoisotopic (exact) mass is 422 g/mol. The van der Waals surface area contributed by atoms with Gasteiger partial charge in [-0.2, -0.15) is 4.98 Å². The van der Waals surface area contributed by atoms with Crippen molar-refractivity contribution >= 4 is 21.9 Å². The summed E-state index contributed by atoms with van der Waals surface area (Å²) < 4.78 is 37.4. The zero-order valence-electron chi connectivity index (χ0n) is 13.8. The van der Waals surface area contributed by atoms with Crippen molar-refractivity contribution < 1.29 is 22.8 Å². The summed E-state index contributed by atoms with van der Waals surface area (Å²) in [7, 11) is 0. The minimum Gasteiger partial charge on any atom is -0.449 e. The first-order valence-corrected chi connectivity index (χ1v) is 8.40. The van der Waals surface area contributed by atoms with Gasteiger partial charge in [0.25, 0.3) is 5.89 Å². The van der Waals surface area contributed by atoms with Crippen molar-refractivity contribution in [3.05, 3.63) is 69.5 Å². The minimum absolute atomic E-state index is 0.0626. The first kappa shape index (κ1) is 18.2. The summed E-state index contributed by atoms with van der Waals surface area (Å²) in [6.07, 6.45) is -0.837. The van der Waals surface area contributed by atoms with Crippen molar-refractivity contribution in [3.63, 3.8) is 0 Å². The molecule has 0 aliphatic carbocycles. The summed E-state index contributed by atoms with van der Waals surface area (Å²) in [5, 5.41) is 3.78. The Morgan fingerprint density at radius 3 is 2.69 bits per heavy atom. The Morgan fingerprint density at radius 1 is 1.23 bits per heavy atom. The Labute approximate surface area is 156 Å². The lowest BCUT2D eigenvalue weighted by Gasteiger charge is -2.10. The quantitative estimate of drug-likeness (QED) is 0.553. The van der Waals surface area contributed by atoms with Crippen molar-refractivity contribution in [2.75, 3.05) is 0 Å². The molecule has 134 valence electrons. The van der Waals surface area contributed by atoms with Crippen LogP contribution >= 0.6 is 15.9 Å². The maximum absolute atomic E-state index is 13.7. The number of carbonyl (C=O) groups is 1. The highest BCUT2D eigenvalue weighted by Crippen LogP contribution is 2.25. The van der Waals surface area contributed by atoms with Gasteiger partial charge in [-0.05, 0) is 59.6 Å². The molecule has 3 aromatic rings. The van der Waals surface area contributed by atoms with Gasteiger partial charge in [-0.25, -0.2) is 13.6 Å². The van der Waals surface area contributed by atoms with E-state index in [2.05, 4.69) is 26.1 Å². The molecule has 0 aliphatic rings. The molecular weight excluding hydrogens is 410 g/mol. The Hall–Kier alpha value is -2.61. The lowest BCUT2D eigenvalue weighted by atomic mass is 10.1. The normalized spacial score (nSPS) is 12.0. The van der Waals surface area contributed by atoms with E-state index in [1.165, 1.54) is 12.1 Å². The number of carbonyl (C=O) groups excluding carboxylic acids is 1. The molecule has 0 bridgehead atoms. The second kappa shape index (κ2) is 7.33. The SMILES string of the molecule is Cc1ccc(-c2noc(C(C)OC(=O)c3ccc(F)cc3Br)n2)cc1F. The molecule has 1 unspecified atom stereocenters. The number of nitrogens with zero attached hydrogens (tertiary/aromatic N) is 2. The first-order chi connectivity index (χ1) is 12.3. The maximum Gasteiger partial charge on any atom is 0.340 e. The lowest BCUT2D eigenvalue weighted by Crippen LogP contribution is -2.10. The van der Waals surface area contributed by atoms with Crippen LogP contribution < -0.4 is 0 Å². The predicted octanol–water partition coefficient (Wildman–Crippen LogP) is 5.00. The highest BCUT2D eigenvalue weighted by atomic mass is 79.9. The highest BCUT2D eigenvalue weighted by Gasteiger charge is 2.22. The summed E-state index contributed by atoms with van der Waals surface area (Å²) in [5.74, 6) is -1.29. The van der Waals surface area contributed by atoms with Gasteiger partial charge in [0.2, 0.25) is 5.82 Å². The smallest absolute Gasteiger partial charge is 0.340 e. The van der Waals surface area contributed by atoms with Crippen molar-refractivity contribution in [3.8, 4) is 11.4 Å². The Kier molecular flexibility index (Phi) is 5.13. The molecule has 0 N–H and O–H groups in total. The Morgan fingerprint density at radius 2 is 2.00 bits per heavy atom. The molecule has 0 aliphatic heterocycles. The van der Waals surface area contributed by atoms with Crippen molar-refractivity contribution in [1.82, 2.24) is 10.1 Å². The summed E-state index contributed by atoms with van der Waals surface area (Å²) >= 11 is 3.11. The molecule has 0 fully saturated rings. The van der Waals surface area contributed by atoms with Gasteiger partial charge in [0.15, 0.2) is 6.10 Å². The number of aryl methyl sites for hydroxylation is 1. The van der Waals surface area contributed by atoms with Gasteiger partial charge >= 0.3 is 5.97 Å². The standard InChI is InChI=1S/C18H13BrF2N2O3/c1-9-3-4-11(7-15(9)21)16-22-17(26-23-16)10(2)25-18(24)13-6-5-12(20)8-14(13)19/h3-8,10H,1-2H3. The van der Waals surface area contributed by atoms with E-state index in [0.717, 1.165) is 12.1 Å². The summed E-state index contributed by atoms with van der Waals surface area (Å²) in [6, 6.07) is 8.20. The minimum atomic E-state index is -0.837. The molecule has 0 saturated carbocycles. The van der Waals surface area contributed by atoms with Crippen LogP contribution in [0.5, 0.6) is 0 Å². The molecule has 0 radical (unpaired) electrons. The maximum atomic E-state index is 13.7. The lowest BCUT2D eigenvalue weighted by molar-refractivity contribution is 0.0264. The van der Waals surface area contributed by atoms with E-state index in [0.29, 0.717) is 11.1 Å². The third-order valence-corrected chi connectivity index (χ3v) is 4.31. The fourth-order valence-electron chi connectivity index (χ4n) is 2.18. The average Bonchev–Trinajstić information content (AvgIpc) is 3.07. The second-order valence-electron chi connectivity index (χ2n) is 5.59. The average molecular weight is 423 g/mol. The van der Waals surface area contributed by atoms with Crippen molar-refractivity contribution in [1.29, 1.82) is 0 Å². The molecule has 5 nitrogen and oxygen atoms in total. The van der Waals surface area contributed by atoms with Crippen LogP contribution in [0, 0.1) is 18.6 Å². The molecule has 0 spiro atoms. The van der Waals surface area contributed by atoms with E-state index in [9.17, 15) is 13.6 Å². The molecule has 8 heteroatoms. The molecular formula is C18H13BrF2N2O3. The predicted molar refractivity (Wildman–Crippen MR) is 92.4 cm³/mol. The largest absolute Gasteiger partial charge is 0.449 e. The van der Waals surface area contributed by atoms with Crippen LogP contribution in [0.15, 0.2) is 45.4 Å². The molecule has 1 atom stereocenters. The third kappa shape index (κ3) is 3.80. The Bertz CT molecular complexity index is 975. The van der Waals surface area contributed by atoms with Crippen LogP contribution in [0.2, 0.25) is 0 Å². The van der Waals surface area contributed by atoms with E-state index >= 15 is 0 Å². The number of ether oxygens (including phenoxy) is 1. The van der Waals surface area contributed by atoms with E-state index in [4.69, 9.17) is 9.26 Å². The molecule has 0 saturated heterocycles. The van der Waals surface area contributed by atoms with Gasteiger partial charge in [0.05, 0.1) is 5.56 Å². The van der Waals surface area contributed by atoms with E-state index in [-0.39, 0.29) is 27.6 Å². The molecule has 26 heavy (non-hydrogen) atoms. The summed E-state index contributed by atoms with van der Waals surface area (Å²) in [5.41, 5.74) is 1.12. The first-order valence-electron chi connectivity index (χ1n) is 7.61. The third-order valence-electron chi connectivity index (χ3n) is 3.65. The number of halogens is 3. The molecule has 1 aromatic heterocycles. The number of rotatable bonds is 4. The summed E-state index contributed by atoms with van der Waals surface area (Å²) in [6.45, 7) is 3.21. The number of esters is 1. The van der Waals surface area contributed by atoms with Crippen LogP contribution in [0.25, 0.3) is 11.4 Å². The van der Waals surface area contributed by atoms with E-state index in [1.807, 2.05) is 0 Å². The fraction of sp³-hybridized carbons (Fsp3) is 0.167. The van der Waals surface area contributed by atoms with Gasteiger partial charge in [-0.15, -0.1) is 0 Å². The molecule has 2 aromatic carbocycles. The van der Waals surface area contributed by atoms with Crippen LogP contribution in [-0.2, 0) is 4.74 Å². The van der Waals surface area contributed by atoms with Crippen LogP contribution in [0.4, 0.5) is 8.78 Å². The van der Waals surface area contributed by atoms with Crippen molar-refractivity contribution in [2.45, 2.75) is 20.0 Å². The van der Waals surface area contributed by atoms with Crippen LogP contribution in [0.1, 0.15) is 34.8 Å².